The molecule has 0 aliphatic rings. The van der Waals surface area contributed by atoms with Crippen molar-refractivity contribution in [2.75, 3.05) is 0 Å². The minimum atomic E-state index is -0.0730. The summed E-state index contributed by atoms with van der Waals surface area (Å²) in [6.07, 6.45) is 2.58. The molecule has 0 saturated carbocycles. The van der Waals surface area contributed by atoms with Gasteiger partial charge in [-0.1, -0.05) is 61.1 Å². The van der Waals surface area contributed by atoms with Crippen LogP contribution in [0.5, 0.6) is 0 Å². The summed E-state index contributed by atoms with van der Waals surface area (Å²) in [7, 11) is 0. The molecule has 7 heteroatoms. The molecular formula is C22H22N4O2S. The second-order valence-electron chi connectivity index (χ2n) is 6.68. The lowest BCUT2D eigenvalue weighted by atomic mass is 10.1. The number of aryl methyl sites for hydroxylation is 2. The second kappa shape index (κ2) is 8.61. The topological polar surface area (TPSA) is 73.8 Å². The zero-order chi connectivity index (χ0) is 20.2. The molecule has 0 aliphatic carbocycles. The van der Waals surface area contributed by atoms with Gasteiger partial charge in [0.1, 0.15) is 0 Å². The predicted molar refractivity (Wildman–Crippen MR) is 115 cm³/mol. The van der Waals surface area contributed by atoms with E-state index in [4.69, 9.17) is 9.51 Å². The van der Waals surface area contributed by atoms with Crippen LogP contribution in [-0.2, 0) is 18.6 Å². The monoisotopic (exact) mass is 406 g/mol. The van der Waals surface area contributed by atoms with Crippen molar-refractivity contribution in [3.05, 3.63) is 76.2 Å². The minimum Gasteiger partial charge on any atom is -0.338 e. The molecule has 0 fully saturated rings. The number of rotatable bonds is 7. The molecule has 2 heterocycles. The van der Waals surface area contributed by atoms with Gasteiger partial charge in [0.15, 0.2) is 11.0 Å². The van der Waals surface area contributed by atoms with Crippen molar-refractivity contribution in [1.29, 1.82) is 0 Å². The van der Waals surface area contributed by atoms with Crippen LogP contribution >= 0.6 is 11.8 Å². The van der Waals surface area contributed by atoms with E-state index in [0.717, 1.165) is 30.5 Å². The standard InChI is InChI=1S/C22H22N4O2S/c1-3-9-19-24-20(28-25-19)14-29-22-23-17-12-7-6-11-16(17)21(27)26(22)18-13-8-5-10-15(18)4-2/h5-8,10-13H,3-4,9,14H2,1-2H3. The number of hydrogen-bond acceptors (Lipinski definition) is 6. The Bertz CT molecular complexity index is 1200. The van der Waals surface area contributed by atoms with Crippen LogP contribution in [0, 0.1) is 0 Å². The van der Waals surface area contributed by atoms with Gasteiger partial charge in [-0.3, -0.25) is 9.36 Å². The zero-order valence-corrected chi connectivity index (χ0v) is 17.3. The molecule has 29 heavy (non-hydrogen) atoms. The third-order valence-electron chi connectivity index (χ3n) is 4.67. The Morgan fingerprint density at radius 3 is 2.66 bits per heavy atom. The van der Waals surface area contributed by atoms with Crippen LogP contribution in [0.3, 0.4) is 0 Å². The Kier molecular flexibility index (Phi) is 5.76. The lowest BCUT2D eigenvalue weighted by molar-refractivity contribution is 0.384. The molecule has 0 bridgehead atoms. The number of hydrogen-bond donors (Lipinski definition) is 0. The Balaban J connectivity index is 1.80. The Morgan fingerprint density at radius 1 is 1.03 bits per heavy atom. The molecule has 4 aromatic rings. The number of nitrogens with zero attached hydrogens (tertiary/aromatic N) is 4. The molecule has 0 unspecified atom stereocenters. The van der Waals surface area contributed by atoms with Crippen LogP contribution in [0.25, 0.3) is 16.6 Å². The molecular weight excluding hydrogens is 384 g/mol. The van der Waals surface area contributed by atoms with Crippen molar-refractivity contribution in [2.45, 2.75) is 44.0 Å². The van der Waals surface area contributed by atoms with Gasteiger partial charge in [-0.25, -0.2) is 4.98 Å². The molecule has 4 rings (SSSR count). The summed E-state index contributed by atoms with van der Waals surface area (Å²) in [6.45, 7) is 4.16. The summed E-state index contributed by atoms with van der Waals surface area (Å²) in [4.78, 5) is 22.6. The van der Waals surface area contributed by atoms with Gasteiger partial charge in [0.25, 0.3) is 5.56 Å². The van der Waals surface area contributed by atoms with Gasteiger partial charge in [-0.05, 0) is 36.6 Å². The smallest absolute Gasteiger partial charge is 0.266 e. The van der Waals surface area contributed by atoms with Crippen molar-refractivity contribution in [2.24, 2.45) is 0 Å². The van der Waals surface area contributed by atoms with E-state index < -0.39 is 0 Å². The SMILES string of the molecule is CCCc1noc(CSc2nc3ccccc3c(=O)n2-c2ccccc2CC)n1. The van der Waals surface area contributed by atoms with Gasteiger partial charge in [-0.15, -0.1) is 0 Å². The third kappa shape index (κ3) is 3.96. The maximum Gasteiger partial charge on any atom is 0.266 e. The third-order valence-corrected chi connectivity index (χ3v) is 5.59. The van der Waals surface area contributed by atoms with E-state index in [-0.39, 0.29) is 5.56 Å². The molecule has 0 atom stereocenters. The maximum atomic E-state index is 13.4. The number of para-hydroxylation sites is 2. The van der Waals surface area contributed by atoms with E-state index in [2.05, 4.69) is 24.0 Å². The molecule has 2 aromatic carbocycles. The quantitative estimate of drug-likeness (QED) is 0.330. The van der Waals surface area contributed by atoms with E-state index in [1.54, 1.807) is 4.57 Å². The van der Waals surface area contributed by atoms with Crippen LogP contribution in [0.2, 0.25) is 0 Å². The highest BCUT2D eigenvalue weighted by atomic mass is 32.2. The molecule has 0 amide bonds. The first-order chi connectivity index (χ1) is 14.2. The molecule has 6 nitrogen and oxygen atoms in total. The van der Waals surface area contributed by atoms with Gasteiger partial charge in [0, 0.05) is 6.42 Å². The van der Waals surface area contributed by atoms with Crippen molar-refractivity contribution in [3.63, 3.8) is 0 Å². The largest absolute Gasteiger partial charge is 0.338 e. The van der Waals surface area contributed by atoms with Crippen molar-refractivity contribution >= 4 is 22.7 Å². The lowest BCUT2D eigenvalue weighted by Crippen LogP contribution is -2.22. The second-order valence-corrected chi connectivity index (χ2v) is 7.62. The molecule has 2 aromatic heterocycles. The van der Waals surface area contributed by atoms with E-state index >= 15 is 0 Å². The number of aromatic nitrogens is 4. The van der Waals surface area contributed by atoms with Crippen LogP contribution in [0.15, 0.2) is 63.0 Å². The first kappa shape index (κ1) is 19.4. The van der Waals surface area contributed by atoms with Crippen LogP contribution in [0.1, 0.15) is 37.5 Å². The highest BCUT2D eigenvalue weighted by Crippen LogP contribution is 2.26. The number of benzene rings is 2. The van der Waals surface area contributed by atoms with E-state index in [1.165, 1.54) is 11.8 Å². The molecule has 148 valence electrons. The van der Waals surface area contributed by atoms with Crippen LogP contribution in [0.4, 0.5) is 0 Å². The fraction of sp³-hybridized carbons (Fsp3) is 0.273. The fourth-order valence-corrected chi connectivity index (χ4v) is 4.09. The van der Waals surface area contributed by atoms with E-state index in [1.807, 2.05) is 48.5 Å². The van der Waals surface area contributed by atoms with Crippen molar-refractivity contribution in [1.82, 2.24) is 19.7 Å². The lowest BCUT2D eigenvalue weighted by Gasteiger charge is -2.15. The Morgan fingerprint density at radius 2 is 1.83 bits per heavy atom. The predicted octanol–water partition coefficient (Wildman–Crippen LogP) is 4.58. The molecule has 0 radical (unpaired) electrons. The average Bonchev–Trinajstić information content (AvgIpc) is 3.20. The molecule has 0 N–H and O–H groups in total. The summed E-state index contributed by atoms with van der Waals surface area (Å²) < 4.78 is 7.05. The zero-order valence-electron chi connectivity index (χ0n) is 16.5. The Hall–Kier alpha value is -2.93. The maximum absolute atomic E-state index is 13.4. The van der Waals surface area contributed by atoms with Crippen molar-refractivity contribution < 1.29 is 4.52 Å². The number of thioether (sulfide) groups is 1. The number of fused-ring (bicyclic) bond motifs is 1. The highest BCUT2D eigenvalue weighted by Gasteiger charge is 2.16. The van der Waals surface area contributed by atoms with Gasteiger partial charge in [0.05, 0.1) is 22.3 Å². The summed E-state index contributed by atoms with van der Waals surface area (Å²) in [5.74, 6) is 1.70. The van der Waals surface area contributed by atoms with Crippen LogP contribution < -0.4 is 5.56 Å². The molecule has 0 spiro atoms. The van der Waals surface area contributed by atoms with Gasteiger partial charge >= 0.3 is 0 Å². The van der Waals surface area contributed by atoms with Gasteiger partial charge in [0.2, 0.25) is 5.89 Å². The minimum absolute atomic E-state index is 0.0730. The molecule has 0 aliphatic heterocycles. The van der Waals surface area contributed by atoms with Crippen LogP contribution in [-0.4, -0.2) is 19.7 Å². The van der Waals surface area contributed by atoms with E-state index in [9.17, 15) is 4.79 Å². The first-order valence-electron chi connectivity index (χ1n) is 9.75. The van der Waals surface area contributed by atoms with Gasteiger partial charge < -0.3 is 4.52 Å². The van der Waals surface area contributed by atoms with Crippen molar-refractivity contribution in [3.8, 4) is 5.69 Å². The average molecular weight is 407 g/mol. The summed E-state index contributed by atoms with van der Waals surface area (Å²) in [5, 5.41) is 5.22. The highest BCUT2D eigenvalue weighted by molar-refractivity contribution is 7.98. The summed E-state index contributed by atoms with van der Waals surface area (Å²) in [5.41, 5.74) is 2.56. The summed E-state index contributed by atoms with van der Waals surface area (Å²) in [6, 6.07) is 15.4. The first-order valence-corrected chi connectivity index (χ1v) is 10.7. The van der Waals surface area contributed by atoms with E-state index in [0.29, 0.717) is 33.5 Å². The summed E-state index contributed by atoms with van der Waals surface area (Å²) >= 11 is 1.43. The normalized spacial score (nSPS) is 11.2. The van der Waals surface area contributed by atoms with Gasteiger partial charge in [-0.2, -0.15) is 4.98 Å². The fourth-order valence-electron chi connectivity index (χ4n) is 3.25. The Labute approximate surface area is 173 Å². The molecule has 0 saturated heterocycles.